The Hall–Kier alpha value is -3.01. The lowest BCUT2D eigenvalue weighted by atomic mass is 9.88. The van der Waals surface area contributed by atoms with Crippen LogP contribution in [0.4, 0.5) is 5.00 Å². The average Bonchev–Trinajstić information content (AvgIpc) is 3.05. The first-order valence-corrected chi connectivity index (χ1v) is 10.4. The van der Waals surface area contributed by atoms with Gasteiger partial charge in [-0.1, -0.05) is 6.92 Å². The van der Waals surface area contributed by atoms with Gasteiger partial charge in [0.1, 0.15) is 5.00 Å². The number of ether oxygens (including phenoxy) is 2. The van der Waals surface area contributed by atoms with Crippen molar-refractivity contribution in [2.24, 2.45) is 13.0 Å². The lowest BCUT2D eigenvalue weighted by Crippen LogP contribution is -2.25. The van der Waals surface area contributed by atoms with Crippen LogP contribution in [-0.2, 0) is 34.2 Å². The van der Waals surface area contributed by atoms with Crippen LogP contribution in [0.15, 0.2) is 16.9 Å². The summed E-state index contributed by atoms with van der Waals surface area (Å²) < 4.78 is 11.2. The van der Waals surface area contributed by atoms with E-state index in [0.29, 0.717) is 16.5 Å². The monoisotopic (exact) mass is 433 g/mol. The number of nitrogens with one attached hydrogen (secondary N) is 1. The van der Waals surface area contributed by atoms with E-state index in [4.69, 9.17) is 9.47 Å². The van der Waals surface area contributed by atoms with Gasteiger partial charge >= 0.3 is 11.9 Å². The van der Waals surface area contributed by atoms with Gasteiger partial charge in [0.05, 0.1) is 12.2 Å². The van der Waals surface area contributed by atoms with Crippen molar-refractivity contribution in [2.45, 2.75) is 33.1 Å². The molecule has 3 rings (SSSR count). The molecule has 0 spiro atoms. The summed E-state index contributed by atoms with van der Waals surface area (Å²) in [6.07, 6.45) is 2.56. The highest BCUT2D eigenvalue weighted by atomic mass is 32.1. The first-order chi connectivity index (χ1) is 14.3. The summed E-state index contributed by atoms with van der Waals surface area (Å²) in [7, 11) is 1.40. The molecule has 2 aromatic rings. The van der Waals surface area contributed by atoms with Gasteiger partial charge in [0.15, 0.2) is 12.3 Å². The largest absolute Gasteiger partial charge is 0.462 e. The number of carbonyl (C=O) groups excluding carboxylic acids is 3. The molecule has 2 aromatic heterocycles. The fraction of sp³-hybridized carbons (Fsp3) is 0.450. The fourth-order valence-corrected chi connectivity index (χ4v) is 4.65. The molecule has 0 aliphatic heterocycles. The Morgan fingerprint density at radius 3 is 2.73 bits per heavy atom. The number of thiophene rings is 1. The molecule has 160 valence electrons. The number of aromatic nitrogens is 2. The van der Waals surface area contributed by atoms with Crippen LogP contribution in [0, 0.1) is 5.92 Å². The highest BCUT2D eigenvalue weighted by Crippen LogP contribution is 2.40. The minimum Gasteiger partial charge on any atom is -0.462 e. The van der Waals surface area contributed by atoms with Crippen molar-refractivity contribution in [1.82, 2.24) is 9.78 Å². The van der Waals surface area contributed by atoms with Gasteiger partial charge in [0.2, 0.25) is 0 Å². The zero-order chi connectivity index (χ0) is 21.8. The van der Waals surface area contributed by atoms with Crippen LogP contribution < -0.4 is 10.9 Å². The third kappa shape index (κ3) is 4.76. The van der Waals surface area contributed by atoms with Crippen molar-refractivity contribution >= 4 is 34.2 Å². The van der Waals surface area contributed by atoms with E-state index >= 15 is 0 Å². The second-order valence-electron chi connectivity index (χ2n) is 7.08. The Morgan fingerprint density at radius 2 is 2.03 bits per heavy atom. The lowest BCUT2D eigenvalue weighted by molar-refractivity contribution is -0.119. The van der Waals surface area contributed by atoms with Crippen molar-refractivity contribution in [3.63, 3.8) is 0 Å². The van der Waals surface area contributed by atoms with E-state index in [2.05, 4.69) is 17.3 Å². The van der Waals surface area contributed by atoms with E-state index in [1.165, 1.54) is 30.5 Å². The van der Waals surface area contributed by atoms with E-state index in [1.54, 1.807) is 6.92 Å². The van der Waals surface area contributed by atoms with E-state index < -0.39 is 24.5 Å². The molecule has 1 N–H and O–H groups in total. The first kappa shape index (κ1) is 21.7. The molecule has 9 nitrogen and oxygen atoms in total. The zero-order valence-electron chi connectivity index (χ0n) is 17.0. The van der Waals surface area contributed by atoms with Crippen LogP contribution in [-0.4, -0.2) is 40.8 Å². The Kier molecular flexibility index (Phi) is 6.66. The average molecular weight is 433 g/mol. The third-order valence-electron chi connectivity index (χ3n) is 4.75. The molecule has 2 heterocycles. The van der Waals surface area contributed by atoms with Crippen molar-refractivity contribution in [1.29, 1.82) is 0 Å². The van der Waals surface area contributed by atoms with E-state index in [-0.39, 0.29) is 17.9 Å². The molecule has 0 saturated carbocycles. The summed E-state index contributed by atoms with van der Waals surface area (Å²) in [4.78, 5) is 49.3. The van der Waals surface area contributed by atoms with Crippen LogP contribution >= 0.6 is 11.3 Å². The maximum atomic E-state index is 12.5. The topological polar surface area (TPSA) is 117 Å². The summed E-state index contributed by atoms with van der Waals surface area (Å²) in [5, 5.41) is 6.87. The van der Waals surface area contributed by atoms with Gasteiger partial charge in [0.25, 0.3) is 11.5 Å². The van der Waals surface area contributed by atoms with Gasteiger partial charge in [-0.3, -0.25) is 9.59 Å². The van der Waals surface area contributed by atoms with Gasteiger partial charge in [0, 0.05) is 18.0 Å². The molecule has 0 aromatic carbocycles. The van der Waals surface area contributed by atoms with Crippen LogP contribution in [0.1, 0.15) is 51.6 Å². The number of anilines is 1. The number of amides is 1. The molecule has 0 fully saturated rings. The summed E-state index contributed by atoms with van der Waals surface area (Å²) >= 11 is 1.36. The predicted molar refractivity (Wildman–Crippen MR) is 110 cm³/mol. The number of carbonyl (C=O) groups is 3. The normalized spacial score (nSPS) is 15.2. The number of aryl methyl sites for hydroxylation is 1. The number of esters is 2. The second-order valence-corrected chi connectivity index (χ2v) is 8.19. The lowest BCUT2D eigenvalue weighted by Gasteiger charge is -2.18. The highest BCUT2D eigenvalue weighted by Gasteiger charge is 2.29. The van der Waals surface area contributed by atoms with E-state index in [9.17, 15) is 19.2 Å². The molecule has 10 heteroatoms. The van der Waals surface area contributed by atoms with Crippen LogP contribution in [0.2, 0.25) is 0 Å². The van der Waals surface area contributed by atoms with Crippen LogP contribution in [0.5, 0.6) is 0 Å². The number of nitrogens with zero attached hydrogens (tertiary/aromatic N) is 2. The van der Waals surface area contributed by atoms with Gasteiger partial charge < -0.3 is 14.8 Å². The van der Waals surface area contributed by atoms with Crippen LogP contribution in [0.25, 0.3) is 0 Å². The van der Waals surface area contributed by atoms with Crippen molar-refractivity contribution in [3.05, 3.63) is 44.2 Å². The Morgan fingerprint density at radius 1 is 1.27 bits per heavy atom. The quantitative estimate of drug-likeness (QED) is 0.692. The Bertz CT molecular complexity index is 1040. The third-order valence-corrected chi connectivity index (χ3v) is 5.92. The minimum absolute atomic E-state index is 0.0855. The molecule has 0 saturated heterocycles. The molecular weight excluding hydrogens is 410 g/mol. The second kappa shape index (κ2) is 9.21. The standard InChI is InChI=1S/C20H23N3O6S/c1-4-28-20(27)17-12-6-5-11(2)9-14(12)30-18(17)21-15(24)10-29-19(26)13-7-8-16(25)23(3)22-13/h7-8,11H,4-6,9-10H2,1-3H3,(H,21,24). The molecule has 30 heavy (non-hydrogen) atoms. The molecule has 1 unspecified atom stereocenters. The van der Waals surface area contributed by atoms with Gasteiger partial charge in [-0.2, -0.15) is 5.10 Å². The first-order valence-electron chi connectivity index (χ1n) is 9.63. The number of rotatable bonds is 6. The number of hydrogen-bond donors (Lipinski definition) is 1. The fourth-order valence-electron chi connectivity index (χ4n) is 3.24. The van der Waals surface area contributed by atoms with E-state index in [1.807, 2.05) is 0 Å². The molecule has 1 aliphatic rings. The van der Waals surface area contributed by atoms with E-state index in [0.717, 1.165) is 34.4 Å². The Balaban J connectivity index is 1.71. The SMILES string of the molecule is CCOC(=O)c1c(NC(=O)COC(=O)c2ccc(=O)n(C)n2)sc2c1CCC(C)C2. The van der Waals surface area contributed by atoms with Crippen molar-refractivity contribution < 1.29 is 23.9 Å². The summed E-state index contributed by atoms with van der Waals surface area (Å²) in [6.45, 7) is 3.56. The summed E-state index contributed by atoms with van der Waals surface area (Å²) in [5.41, 5.74) is 0.867. The maximum Gasteiger partial charge on any atom is 0.359 e. The zero-order valence-corrected chi connectivity index (χ0v) is 17.8. The minimum atomic E-state index is -0.828. The number of hydrogen-bond acceptors (Lipinski definition) is 8. The molecule has 1 amide bonds. The molecule has 1 aliphatic carbocycles. The van der Waals surface area contributed by atoms with Gasteiger partial charge in [-0.25, -0.2) is 14.3 Å². The summed E-state index contributed by atoms with van der Waals surface area (Å²) in [6, 6.07) is 2.42. The molecule has 0 bridgehead atoms. The van der Waals surface area contributed by atoms with Gasteiger partial charge in [-0.05, 0) is 43.7 Å². The Labute approximate surface area is 177 Å². The van der Waals surface area contributed by atoms with Crippen molar-refractivity contribution in [3.8, 4) is 0 Å². The van der Waals surface area contributed by atoms with Crippen LogP contribution in [0.3, 0.4) is 0 Å². The smallest absolute Gasteiger partial charge is 0.359 e. The predicted octanol–water partition coefficient (Wildman–Crippen LogP) is 1.94. The molecular formula is C20H23N3O6S. The maximum absolute atomic E-state index is 12.5. The number of fused-ring (bicyclic) bond motifs is 1. The van der Waals surface area contributed by atoms with Crippen molar-refractivity contribution in [2.75, 3.05) is 18.5 Å². The highest BCUT2D eigenvalue weighted by molar-refractivity contribution is 7.17. The van der Waals surface area contributed by atoms with Gasteiger partial charge in [-0.15, -0.1) is 11.3 Å². The molecule has 0 radical (unpaired) electrons. The molecule has 1 atom stereocenters. The summed E-state index contributed by atoms with van der Waals surface area (Å²) in [5.74, 6) is -1.37.